The highest BCUT2D eigenvalue weighted by molar-refractivity contribution is 6.31. The zero-order valence-electron chi connectivity index (χ0n) is 11.8. The van der Waals surface area contributed by atoms with Gasteiger partial charge in [-0.1, -0.05) is 35.3 Å². The summed E-state index contributed by atoms with van der Waals surface area (Å²) in [6, 6.07) is 12.1. The average molecular weight is 322 g/mol. The van der Waals surface area contributed by atoms with E-state index in [1.165, 1.54) is 11.1 Å². The fourth-order valence-electron chi connectivity index (χ4n) is 2.82. The number of likely N-dealkylation sites (N-methyl/N-ethyl adjacent to an activating group) is 1. The molecule has 0 saturated carbocycles. The summed E-state index contributed by atoms with van der Waals surface area (Å²) in [6.45, 7) is 0.732. The van der Waals surface area contributed by atoms with E-state index in [-0.39, 0.29) is 6.04 Å². The normalized spacial score (nSPS) is 14.6. The topological polar surface area (TPSA) is 21.3 Å². The van der Waals surface area contributed by atoms with Crippen LogP contribution < -0.4 is 10.1 Å². The highest BCUT2D eigenvalue weighted by atomic mass is 35.5. The Morgan fingerprint density at radius 1 is 1.19 bits per heavy atom. The van der Waals surface area contributed by atoms with Crippen molar-refractivity contribution in [2.75, 3.05) is 13.7 Å². The standard InChI is InChI=1S/C17H17Cl2NO/c1-20-16(8-11-3-2-4-13(18)7-11)15-10-14(19)9-12-5-6-21-17(12)15/h2-4,7,9-10,16,20H,5-6,8H2,1H3. The maximum absolute atomic E-state index is 6.25. The summed E-state index contributed by atoms with van der Waals surface area (Å²) in [5, 5.41) is 4.89. The highest BCUT2D eigenvalue weighted by Gasteiger charge is 2.22. The lowest BCUT2D eigenvalue weighted by Gasteiger charge is -2.20. The lowest BCUT2D eigenvalue weighted by molar-refractivity contribution is 0.349. The van der Waals surface area contributed by atoms with Crippen LogP contribution in [0.4, 0.5) is 0 Å². The van der Waals surface area contributed by atoms with Crippen LogP contribution in [0.25, 0.3) is 0 Å². The van der Waals surface area contributed by atoms with Crippen LogP contribution >= 0.6 is 23.2 Å². The van der Waals surface area contributed by atoms with Crippen molar-refractivity contribution in [1.29, 1.82) is 0 Å². The number of rotatable bonds is 4. The molecule has 0 aliphatic carbocycles. The third kappa shape index (κ3) is 3.18. The van der Waals surface area contributed by atoms with Gasteiger partial charge in [-0.15, -0.1) is 0 Å². The molecule has 4 heteroatoms. The van der Waals surface area contributed by atoms with Gasteiger partial charge in [0.2, 0.25) is 0 Å². The van der Waals surface area contributed by atoms with E-state index < -0.39 is 0 Å². The second-order valence-electron chi connectivity index (χ2n) is 5.26. The first-order valence-corrected chi connectivity index (χ1v) is 7.80. The van der Waals surface area contributed by atoms with Gasteiger partial charge >= 0.3 is 0 Å². The van der Waals surface area contributed by atoms with E-state index >= 15 is 0 Å². The van der Waals surface area contributed by atoms with Gasteiger partial charge in [0, 0.05) is 28.1 Å². The lowest BCUT2D eigenvalue weighted by atomic mass is 9.96. The molecule has 0 radical (unpaired) electrons. The average Bonchev–Trinajstić information content (AvgIpc) is 2.92. The summed E-state index contributed by atoms with van der Waals surface area (Å²) in [5.41, 5.74) is 3.51. The molecule has 0 aromatic heterocycles. The summed E-state index contributed by atoms with van der Waals surface area (Å²) in [6.07, 6.45) is 1.77. The third-order valence-corrected chi connectivity index (χ3v) is 4.28. The Balaban J connectivity index is 1.94. The number of hydrogen-bond donors (Lipinski definition) is 1. The van der Waals surface area contributed by atoms with Gasteiger partial charge < -0.3 is 10.1 Å². The predicted octanol–water partition coefficient (Wildman–Crippen LogP) is 4.43. The Labute approximate surface area is 135 Å². The Bertz CT molecular complexity index is 657. The van der Waals surface area contributed by atoms with Crippen molar-refractivity contribution < 1.29 is 4.74 Å². The number of nitrogens with one attached hydrogen (secondary N) is 1. The van der Waals surface area contributed by atoms with Crippen LogP contribution in [0.3, 0.4) is 0 Å². The van der Waals surface area contributed by atoms with E-state index in [0.717, 1.165) is 40.8 Å². The second kappa shape index (κ2) is 6.27. The fraction of sp³-hybridized carbons (Fsp3) is 0.294. The number of ether oxygens (including phenoxy) is 1. The second-order valence-corrected chi connectivity index (χ2v) is 6.13. The first-order chi connectivity index (χ1) is 10.2. The van der Waals surface area contributed by atoms with Crippen LogP contribution in [-0.4, -0.2) is 13.7 Å². The molecule has 1 unspecified atom stereocenters. The minimum atomic E-state index is 0.147. The molecule has 0 spiro atoms. The minimum Gasteiger partial charge on any atom is -0.493 e. The van der Waals surface area contributed by atoms with Crippen molar-refractivity contribution in [1.82, 2.24) is 5.32 Å². The molecule has 3 rings (SSSR count). The van der Waals surface area contributed by atoms with Gasteiger partial charge in [0.05, 0.1) is 6.61 Å². The molecule has 0 fully saturated rings. The van der Waals surface area contributed by atoms with E-state index in [4.69, 9.17) is 27.9 Å². The zero-order chi connectivity index (χ0) is 14.8. The highest BCUT2D eigenvalue weighted by Crippen LogP contribution is 2.37. The smallest absolute Gasteiger partial charge is 0.127 e. The number of benzene rings is 2. The van der Waals surface area contributed by atoms with Crippen LogP contribution in [0.15, 0.2) is 36.4 Å². The molecule has 2 aromatic rings. The van der Waals surface area contributed by atoms with Crippen molar-refractivity contribution in [2.45, 2.75) is 18.9 Å². The van der Waals surface area contributed by atoms with Crippen LogP contribution in [-0.2, 0) is 12.8 Å². The minimum absolute atomic E-state index is 0.147. The quantitative estimate of drug-likeness (QED) is 0.899. The van der Waals surface area contributed by atoms with E-state index in [9.17, 15) is 0 Å². The van der Waals surface area contributed by atoms with Gasteiger partial charge in [-0.3, -0.25) is 0 Å². The van der Waals surface area contributed by atoms with Crippen molar-refractivity contribution in [3.05, 3.63) is 63.1 Å². The van der Waals surface area contributed by atoms with Gasteiger partial charge in [-0.05, 0) is 48.9 Å². The molecule has 2 nitrogen and oxygen atoms in total. The van der Waals surface area contributed by atoms with Gasteiger partial charge in [0.1, 0.15) is 5.75 Å². The molecule has 0 saturated heterocycles. The maximum atomic E-state index is 6.25. The van der Waals surface area contributed by atoms with Crippen molar-refractivity contribution in [2.24, 2.45) is 0 Å². The molecule has 0 amide bonds. The van der Waals surface area contributed by atoms with Crippen molar-refractivity contribution in [3.63, 3.8) is 0 Å². The molecule has 110 valence electrons. The molecule has 0 bridgehead atoms. The molecule has 1 heterocycles. The first kappa shape index (κ1) is 14.7. The van der Waals surface area contributed by atoms with E-state index in [1.54, 1.807) is 0 Å². The molecular weight excluding hydrogens is 305 g/mol. The maximum Gasteiger partial charge on any atom is 0.127 e. The van der Waals surface area contributed by atoms with E-state index in [2.05, 4.69) is 11.4 Å². The molecule has 2 aromatic carbocycles. The van der Waals surface area contributed by atoms with Crippen LogP contribution in [0.5, 0.6) is 5.75 Å². The Hall–Kier alpha value is -1.22. The summed E-state index contributed by atoms with van der Waals surface area (Å²) < 4.78 is 5.80. The van der Waals surface area contributed by atoms with Crippen LogP contribution in [0.1, 0.15) is 22.7 Å². The van der Waals surface area contributed by atoms with E-state index in [0.29, 0.717) is 0 Å². The van der Waals surface area contributed by atoms with Crippen molar-refractivity contribution in [3.8, 4) is 5.75 Å². The summed E-state index contributed by atoms with van der Waals surface area (Å²) in [5.74, 6) is 0.987. The molecular formula is C17H17Cl2NO. The predicted molar refractivity (Wildman–Crippen MR) is 87.6 cm³/mol. The summed E-state index contributed by atoms with van der Waals surface area (Å²) in [7, 11) is 1.96. The zero-order valence-corrected chi connectivity index (χ0v) is 13.3. The van der Waals surface area contributed by atoms with Gasteiger partial charge in [-0.2, -0.15) is 0 Å². The number of fused-ring (bicyclic) bond motifs is 1. The molecule has 1 aliphatic heterocycles. The lowest BCUT2D eigenvalue weighted by Crippen LogP contribution is -2.19. The Morgan fingerprint density at radius 2 is 2.05 bits per heavy atom. The number of halogens is 2. The summed E-state index contributed by atoms with van der Waals surface area (Å²) >= 11 is 12.3. The van der Waals surface area contributed by atoms with Gasteiger partial charge in [-0.25, -0.2) is 0 Å². The van der Waals surface area contributed by atoms with Gasteiger partial charge in [0.15, 0.2) is 0 Å². The SMILES string of the molecule is CNC(Cc1cccc(Cl)c1)c1cc(Cl)cc2c1OCC2. The summed E-state index contributed by atoms with van der Waals surface area (Å²) in [4.78, 5) is 0. The Kier molecular flexibility index (Phi) is 4.39. The van der Waals surface area contributed by atoms with Crippen LogP contribution in [0.2, 0.25) is 10.0 Å². The fourth-order valence-corrected chi connectivity index (χ4v) is 3.29. The molecule has 21 heavy (non-hydrogen) atoms. The van der Waals surface area contributed by atoms with Crippen molar-refractivity contribution >= 4 is 23.2 Å². The number of hydrogen-bond acceptors (Lipinski definition) is 2. The Morgan fingerprint density at radius 3 is 2.81 bits per heavy atom. The molecule has 1 N–H and O–H groups in total. The van der Waals surface area contributed by atoms with E-state index in [1.807, 2.05) is 37.4 Å². The van der Waals surface area contributed by atoms with Gasteiger partial charge in [0.25, 0.3) is 0 Å². The molecule has 1 atom stereocenters. The third-order valence-electron chi connectivity index (χ3n) is 3.83. The first-order valence-electron chi connectivity index (χ1n) is 7.04. The monoisotopic (exact) mass is 321 g/mol. The molecule has 1 aliphatic rings. The van der Waals surface area contributed by atoms with Crippen LogP contribution in [0, 0.1) is 0 Å². The largest absolute Gasteiger partial charge is 0.493 e.